The summed E-state index contributed by atoms with van der Waals surface area (Å²) >= 11 is 0. The maximum absolute atomic E-state index is 13.8. The van der Waals surface area contributed by atoms with Gasteiger partial charge in [0.2, 0.25) is 5.91 Å². The number of hydrogen-bond donors (Lipinski definition) is 0. The molecule has 0 saturated carbocycles. The molecule has 0 unspecified atom stereocenters. The summed E-state index contributed by atoms with van der Waals surface area (Å²) in [6, 6.07) is 11.5. The fourth-order valence-electron chi connectivity index (χ4n) is 4.11. The molecule has 0 N–H and O–H groups in total. The normalized spacial score (nSPS) is 16.8. The van der Waals surface area contributed by atoms with E-state index in [2.05, 4.69) is 9.55 Å². The molecule has 2 heterocycles. The average Bonchev–Trinajstić information content (AvgIpc) is 3.27. The summed E-state index contributed by atoms with van der Waals surface area (Å²) in [4.78, 5) is 19.3. The van der Waals surface area contributed by atoms with Crippen molar-refractivity contribution in [1.82, 2.24) is 14.5 Å². The highest BCUT2D eigenvalue weighted by atomic mass is 19.1. The quantitative estimate of drug-likeness (QED) is 0.661. The number of hydrogen-bond acceptors (Lipinski definition) is 2. The summed E-state index contributed by atoms with van der Waals surface area (Å²) in [6.45, 7) is 3.39. The molecule has 1 saturated heterocycles. The van der Waals surface area contributed by atoms with Crippen LogP contribution in [0.5, 0.6) is 0 Å². The fraction of sp³-hybridized carbons (Fsp3) is 0.364. The number of para-hydroxylation sites is 2. The molecule has 1 amide bonds. The summed E-state index contributed by atoms with van der Waals surface area (Å²) in [5.41, 5.74) is 2.28. The Labute approximate surface area is 162 Å². The molecule has 146 valence electrons. The number of imidazole rings is 1. The van der Waals surface area contributed by atoms with E-state index in [9.17, 15) is 13.6 Å². The van der Waals surface area contributed by atoms with Gasteiger partial charge in [-0.05, 0) is 62.1 Å². The topological polar surface area (TPSA) is 38.1 Å². The van der Waals surface area contributed by atoms with Crippen LogP contribution in [0.15, 0.2) is 42.5 Å². The number of likely N-dealkylation sites (tertiary alicyclic amines) is 1. The first-order chi connectivity index (χ1) is 13.5. The van der Waals surface area contributed by atoms with Crippen molar-refractivity contribution in [2.75, 3.05) is 6.54 Å². The first kappa shape index (κ1) is 18.6. The molecule has 3 aromatic rings. The van der Waals surface area contributed by atoms with Gasteiger partial charge < -0.3 is 9.47 Å². The van der Waals surface area contributed by atoms with Crippen LogP contribution in [0.25, 0.3) is 11.0 Å². The lowest BCUT2D eigenvalue weighted by Crippen LogP contribution is -2.38. The third-order valence-corrected chi connectivity index (χ3v) is 5.55. The van der Waals surface area contributed by atoms with E-state index in [-0.39, 0.29) is 30.4 Å². The van der Waals surface area contributed by atoms with E-state index in [1.165, 1.54) is 6.07 Å². The summed E-state index contributed by atoms with van der Waals surface area (Å²) in [7, 11) is 0. The van der Waals surface area contributed by atoms with Gasteiger partial charge >= 0.3 is 0 Å². The molecule has 1 atom stereocenters. The molecule has 1 aliphatic heterocycles. The van der Waals surface area contributed by atoms with E-state index in [0.29, 0.717) is 13.1 Å². The number of aryl methyl sites for hydroxylation is 2. The summed E-state index contributed by atoms with van der Waals surface area (Å²) < 4.78 is 29.3. The summed E-state index contributed by atoms with van der Waals surface area (Å²) in [6.07, 6.45) is 2.28. The molecule has 4 rings (SSSR count). The Morgan fingerprint density at radius 1 is 1.21 bits per heavy atom. The smallest absolute Gasteiger partial charge is 0.223 e. The highest BCUT2D eigenvalue weighted by Crippen LogP contribution is 2.24. The van der Waals surface area contributed by atoms with Crippen molar-refractivity contribution in [1.29, 1.82) is 0 Å². The van der Waals surface area contributed by atoms with Crippen LogP contribution in [0.3, 0.4) is 0 Å². The van der Waals surface area contributed by atoms with Crippen LogP contribution >= 0.6 is 0 Å². The lowest BCUT2D eigenvalue weighted by atomic mass is 10.1. The monoisotopic (exact) mass is 383 g/mol. The number of aromatic nitrogens is 2. The minimum Gasteiger partial charge on any atom is -0.338 e. The number of nitrogens with zero attached hydrogens (tertiary/aromatic N) is 3. The molecule has 0 bridgehead atoms. The first-order valence-corrected chi connectivity index (χ1v) is 9.68. The molecular weight excluding hydrogens is 360 g/mol. The van der Waals surface area contributed by atoms with Crippen molar-refractivity contribution >= 4 is 16.9 Å². The van der Waals surface area contributed by atoms with Gasteiger partial charge in [0, 0.05) is 25.6 Å². The highest BCUT2D eigenvalue weighted by Gasteiger charge is 2.29. The van der Waals surface area contributed by atoms with Crippen molar-refractivity contribution in [2.45, 2.75) is 45.2 Å². The van der Waals surface area contributed by atoms with Gasteiger partial charge in [0.15, 0.2) is 0 Å². The van der Waals surface area contributed by atoms with Crippen molar-refractivity contribution in [3.05, 3.63) is 65.5 Å². The van der Waals surface area contributed by atoms with Crippen molar-refractivity contribution < 1.29 is 13.6 Å². The largest absolute Gasteiger partial charge is 0.338 e. The van der Waals surface area contributed by atoms with Crippen molar-refractivity contribution in [2.24, 2.45) is 0 Å². The van der Waals surface area contributed by atoms with Gasteiger partial charge in [-0.1, -0.05) is 12.1 Å². The Bertz CT molecular complexity index is 1010. The van der Waals surface area contributed by atoms with Crippen molar-refractivity contribution in [3.8, 4) is 0 Å². The number of carbonyl (C=O) groups excluding carboxylic acids is 1. The van der Waals surface area contributed by atoms with Gasteiger partial charge in [0.25, 0.3) is 0 Å². The Hall–Kier alpha value is -2.76. The lowest BCUT2D eigenvalue weighted by molar-refractivity contribution is -0.132. The summed E-state index contributed by atoms with van der Waals surface area (Å²) in [5, 5.41) is 0. The second-order valence-electron chi connectivity index (χ2n) is 7.38. The molecule has 1 aliphatic rings. The molecule has 1 aromatic heterocycles. The Morgan fingerprint density at radius 2 is 2.04 bits per heavy atom. The van der Waals surface area contributed by atoms with Gasteiger partial charge in [0.05, 0.1) is 11.0 Å². The number of fused-ring (bicyclic) bond motifs is 1. The Kier molecular flexibility index (Phi) is 5.11. The van der Waals surface area contributed by atoms with E-state index < -0.39 is 11.6 Å². The molecule has 0 aliphatic carbocycles. The average molecular weight is 383 g/mol. The van der Waals surface area contributed by atoms with Crippen LogP contribution in [0.4, 0.5) is 8.78 Å². The first-order valence-electron chi connectivity index (χ1n) is 9.68. The maximum atomic E-state index is 13.8. The summed E-state index contributed by atoms with van der Waals surface area (Å²) in [5.74, 6) is -0.0198. The van der Waals surface area contributed by atoms with Gasteiger partial charge in [0.1, 0.15) is 17.5 Å². The third-order valence-electron chi connectivity index (χ3n) is 5.55. The van der Waals surface area contributed by atoms with Gasteiger partial charge in [-0.2, -0.15) is 0 Å². The standard InChI is InChI=1S/C22H23F2N3O/c1-15-25-20-6-2-3-7-21(20)27(15)14-18-5-4-12-26(18)22(28)11-8-16-13-17(23)9-10-19(16)24/h2-3,6-7,9-10,13,18H,4-5,8,11-12,14H2,1H3/t18-/m0/s1. The van der Waals surface area contributed by atoms with Crippen LogP contribution < -0.4 is 0 Å². The van der Waals surface area contributed by atoms with E-state index in [1.54, 1.807) is 0 Å². The number of benzene rings is 2. The number of rotatable bonds is 5. The van der Waals surface area contributed by atoms with Crippen LogP contribution in [0.1, 0.15) is 30.7 Å². The van der Waals surface area contributed by atoms with Crippen LogP contribution in [0.2, 0.25) is 0 Å². The second-order valence-corrected chi connectivity index (χ2v) is 7.38. The number of halogens is 2. The molecule has 0 radical (unpaired) electrons. The third kappa shape index (κ3) is 3.63. The van der Waals surface area contributed by atoms with E-state index in [4.69, 9.17) is 0 Å². The van der Waals surface area contributed by atoms with Gasteiger partial charge in [-0.15, -0.1) is 0 Å². The molecule has 28 heavy (non-hydrogen) atoms. The zero-order valence-corrected chi connectivity index (χ0v) is 15.9. The number of amides is 1. The van der Waals surface area contributed by atoms with Crippen LogP contribution in [0, 0.1) is 18.6 Å². The minimum absolute atomic E-state index is 0.00626. The highest BCUT2D eigenvalue weighted by molar-refractivity contribution is 5.77. The fourth-order valence-corrected chi connectivity index (χ4v) is 4.11. The Balaban J connectivity index is 1.46. The molecule has 4 nitrogen and oxygen atoms in total. The van der Waals surface area contributed by atoms with Gasteiger partial charge in [-0.3, -0.25) is 4.79 Å². The zero-order chi connectivity index (χ0) is 19.7. The molecule has 0 spiro atoms. The maximum Gasteiger partial charge on any atom is 0.223 e. The van der Waals surface area contributed by atoms with Gasteiger partial charge in [-0.25, -0.2) is 13.8 Å². The minimum atomic E-state index is -0.481. The lowest BCUT2D eigenvalue weighted by Gasteiger charge is -2.26. The SMILES string of the molecule is Cc1nc2ccccc2n1C[C@@H]1CCCN1C(=O)CCc1cc(F)ccc1F. The van der Waals surface area contributed by atoms with E-state index in [0.717, 1.165) is 41.8 Å². The molecular formula is C22H23F2N3O. The molecule has 1 fully saturated rings. The molecule has 2 aromatic carbocycles. The Morgan fingerprint density at radius 3 is 2.89 bits per heavy atom. The van der Waals surface area contributed by atoms with E-state index in [1.807, 2.05) is 36.1 Å². The number of carbonyl (C=O) groups is 1. The molecule has 6 heteroatoms. The zero-order valence-electron chi connectivity index (χ0n) is 15.9. The predicted molar refractivity (Wildman–Crippen MR) is 104 cm³/mol. The predicted octanol–water partition coefficient (Wildman–Crippen LogP) is 4.25. The van der Waals surface area contributed by atoms with Crippen molar-refractivity contribution in [3.63, 3.8) is 0 Å². The second kappa shape index (κ2) is 7.70. The van der Waals surface area contributed by atoms with Crippen LogP contribution in [-0.4, -0.2) is 32.9 Å². The van der Waals surface area contributed by atoms with Crippen LogP contribution in [-0.2, 0) is 17.8 Å². The van der Waals surface area contributed by atoms with E-state index >= 15 is 0 Å².